The van der Waals surface area contributed by atoms with Crippen LogP contribution >= 0.6 is 11.8 Å². The number of aromatic nitrogens is 2. The SMILES string of the molecule is CSCC[C@H](NC(C)=O)C(=O)N1Cc2cnc(-c3ccccc3)nc2C1. The molecule has 2 amide bonds. The summed E-state index contributed by atoms with van der Waals surface area (Å²) in [6, 6.07) is 9.30. The van der Waals surface area contributed by atoms with E-state index < -0.39 is 6.04 Å². The molecule has 0 saturated carbocycles. The second kappa shape index (κ2) is 8.31. The molecule has 136 valence electrons. The van der Waals surface area contributed by atoms with Gasteiger partial charge in [0.15, 0.2) is 5.82 Å². The molecule has 1 aliphatic rings. The van der Waals surface area contributed by atoms with Crippen LogP contribution in [0.4, 0.5) is 0 Å². The van der Waals surface area contributed by atoms with Gasteiger partial charge in [-0.3, -0.25) is 9.59 Å². The van der Waals surface area contributed by atoms with Gasteiger partial charge in [-0.15, -0.1) is 0 Å². The van der Waals surface area contributed by atoms with Gasteiger partial charge < -0.3 is 10.2 Å². The fourth-order valence-corrected chi connectivity index (χ4v) is 3.47. The van der Waals surface area contributed by atoms with Gasteiger partial charge in [0.1, 0.15) is 6.04 Å². The van der Waals surface area contributed by atoms with E-state index in [0.29, 0.717) is 25.3 Å². The van der Waals surface area contributed by atoms with E-state index in [4.69, 9.17) is 0 Å². The number of nitrogens with one attached hydrogen (secondary N) is 1. The Morgan fingerprint density at radius 3 is 2.73 bits per heavy atom. The topological polar surface area (TPSA) is 75.2 Å². The van der Waals surface area contributed by atoms with Crippen LogP contribution in [0.15, 0.2) is 36.5 Å². The first-order chi connectivity index (χ1) is 12.6. The third-order valence-corrected chi connectivity index (χ3v) is 4.93. The van der Waals surface area contributed by atoms with Crippen LogP contribution in [-0.2, 0) is 22.7 Å². The molecule has 0 aliphatic carbocycles. The second-order valence-corrected chi connectivity index (χ2v) is 7.25. The summed E-state index contributed by atoms with van der Waals surface area (Å²) in [7, 11) is 0. The quantitative estimate of drug-likeness (QED) is 0.844. The first-order valence-corrected chi connectivity index (χ1v) is 9.93. The van der Waals surface area contributed by atoms with E-state index in [9.17, 15) is 9.59 Å². The Labute approximate surface area is 157 Å². The molecular weight excluding hydrogens is 348 g/mol. The number of carbonyl (C=O) groups is 2. The second-order valence-electron chi connectivity index (χ2n) is 6.26. The van der Waals surface area contributed by atoms with E-state index in [0.717, 1.165) is 22.6 Å². The number of carbonyl (C=O) groups excluding carboxylic acids is 2. The Bertz CT molecular complexity index is 797. The number of rotatable bonds is 6. The summed E-state index contributed by atoms with van der Waals surface area (Å²) in [5, 5.41) is 2.78. The van der Waals surface area contributed by atoms with Gasteiger partial charge in [-0.25, -0.2) is 9.97 Å². The fraction of sp³-hybridized carbons (Fsp3) is 0.368. The van der Waals surface area contributed by atoms with Gasteiger partial charge in [0.25, 0.3) is 0 Å². The zero-order valence-electron chi connectivity index (χ0n) is 14.9. The molecule has 1 aromatic carbocycles. The maximum absolute atomic E-state index is 12.9. The number of fused-ring (bicyclic) bond motifs is 1. The molecule has 0 radical (unpaired) electrons. The number of amides is 2. The number of thioether (sulfide) groups is 1. The zero-order chi connectivity index (χ0) is 18.5. The molecule has 7 heteroatoms. The molecule has 6 nitrogen and oxygen atoms in total. The van der Waals surface area contributed by atoms with Crippen LogP contribution in [0.25, 0.3) is 11.4 Å². The lowest BCUT2D eigenvalue weighted by atomic mass is 10.2. The van der Waals surface area contributed by atoms with E-state index in [-0.39, 0.29) is 11.8 Å². The Balaban J connectivity index is 1.74. The Hall–Kier alpha value is -2.41. The highest BCUT2D eigenvalue weighted by Gasteiger charge is 2.30. The highest BCUT2D eigenvalue weighted by Crippen LogP contribution is 2.24. The third-order valence-electron chi connectivity index (χ3n) is 4.29. The maximum atomic E-state index is 12.9. The standard InChI is InChI=1S/C19H22N4O2S/c1-13(24)21-16(8-9-26-2)19(25)23-11-15-10-20-18(22-17(15)12-23)14-6-4-3-5-7-14/h3-7,10,16H,8-9,11-12H2,1-2H3,(H,21,24)/t16-/m0/s1. The minimum Gasteiger partial charge on any atom is -0.345 e. The van der Waals surface area contributed by atoms with Gasteiger partial charge in [-0.1, -0.05) is 30.3 Å². The molecule has 1 aromatic heterocycles. The minimum atomic E-state index is -0.490. The average Bonchev–Trinajstić information content (AvgIpc) is 3.08. The van der Waals surface area contributed by atoms with E-state index in [1.807, 2.05) is 36.6 Å². The number of hydrogen-bond donors (Lipinski definition) is 1. The van der Waals surface area contributed by atoms with E-state index >= 15 is 0 Å². The molecule has 1 aliphatic heterocycles. The molecule has 2 aromatic rings. The van der Waals surface area contributed by atoms with Crippen molar-refractivity contribution in [2.45, 2.75) is 32.5 Å². The van der Waals surface area contributed by atoms with Crippen LogP contribution in [0.1, 0.15) is 24.6 Å². The van der Waals surface area contributed by atoms with Crippen LogP contribution in [0.3, 0.4) is 0 Å². The molecule has 0 bridgehead atoms. The van der Waals surface area contributed by atoms with E-state index in [1.54, 1.807) is 22.9 Å². The maximum Gasteiger partial charge on any atom is 0.245 e. The smallest absolute Gasteiger partial charge is 0.245 e. The van der Waals surface area contributed by atoms with Crippen LogP contribution in [0, 0.1) is 0 Å². The van der Waals surface area contributed by atoms with Crippen molar-refractivity contribution in [2.75, 3.05) is 12.0 Å². The molecule has 0 unspecified atom stereocenters. The minimum absolute atomic E-state index is 0.0616. The molecule has 1 atom stereocenters. The zero-order valence-corrected chi connectivity index (χ0v) is 15.8. The van der Waals surface area contributed by atoms with Gasteiger partial charge in [0.2, 0.25) is 11.8 Å². The van der Waals surface area contributed by atoms with Crippen molar-refractivity contribution >= 4 is 23.6 Å². The Kier molecular flexibility index (Phi) is 5.88. The summed E-state index contributed by atoms with van der Waals surface area (Å²) < 4.78 is 0. The molecule has 3 rings (SSSR count). The number of benzene rings is 1. The molecular formula is C19H22N4O2S. The van der Waals surface area contributed by atoms with Crippen molar-refractivity contribution in [2.24, 2.45) is 0 Å². The monoisotopic (exact) mass is 370 g/mol. The first-order valence-electron chi connectivity index (χ1n) is 8.53. The predicted molar refractivity (Wildman–Crippen MR) is 102 cm³/mol. The Morgan fingerprint density at radius 1 is 1.27 bits per heavy atom. The first kappa shape index (κ1) is 18.4. The molecule has 0 saturated heterocycles. The van der Waals surface area contributed by atoms with E-state index in [2.05, 4.69) is 15.3 Å². The van der Waals surface area contributed by atoms with Gasteiger partial charge in [0.05, 0.1) is 12.2 Å². The summed E-state index contributed by atoms with van der Waals surface area (Å²) in [6.45, 7) is 2.38. The van der Waals surface area contributed by atoms with Crippen molar-refractivity contribution in [3.63, 3.8) is 0 Å². The predicted octanol–water partition coefficient (Wildman–Crippen LogP) is 2.24. The fourth-order valence-electron chi connectivity index (χ4n) is 2.99. The summed E-state index contributed by atoms with van der Waals surface area (Å²) in [6.07, 6.45) is 4.41. The lowest BCUT2D eigenvalue weighted by Gasteiger charge is -2.23. The molecule has 26 heavy (non-hydrogen) atoms. The van der Waals surface area contributed by atoms with Crippen LogP contribution < -0.4 is 5.32 Å². The van der Waals surface area contributed by atoms with Crippen molar-refractivity contribution in [1.29, 1.82) is 0 Å². The van der Waals surface area contributed by atoms with Crippen LogP contribution in [0.5, 0.6) is 0 Å². The lowest BCUT2D eigenvalue weighted by Crippen LogP contribution is -2.46. The van der Waals surface area contributed by atoms with Crippen molar-refractivity contribution in [3.05, 3.63) is 47.8 Å². The van der Waals surface area contributed by atoms with E-state index in [1.165, 1.54) is 6.92 Å². The average molecular weight is 370 g/mol. The molecule has 0 spiro atoms. The van der Waals surface area contributed by atoms with Gasteiger partial charge in [-0.2, -0.15) is 11.8 Å². The van der Waals surface area contributed by atoms with Crippen molar-refractivity contribution in [3.8, 4) is 11.4 Å². The van der Waals surface area contributed by atoms with Crippen LogP contribution in [0.2, 0.25) is 0 Å². The molecule has 1 N–H and O–H groups in total. The van der Waals surface area contributed by atoms with Gasteiger partial charge >= 0.3 is 0 Å². The van der Waals surface area contributed by atoms with Gasteiger partial charge in [0, 0.05) is 30.8 Å². The van der Waals surface area contributed by atoms with Crippen molar-refractivity contribution < 1.29 is 9.59 Å². The largest absolute Gasteiger partial charge is 0.345 e. The van der Waals surface area contributed by atoms with Gasteiger partial charge in [-0.05, 0) is 18.4 Å². The summed E-state index contributed by atoms with van der Waals surface area (Å²) in [4.78, 5) is 35.1. The molecule has 2 heterocycles. The molecule has 0 fully saturated rings. The van der Waals surface area contributed by atoms with Crippen molar-refractivity contribution in [1.82, 2.24) is 20.2 Å². The summed E-state index contributed by atoms with van der Waals surface area (Å²) >= 11 is 1.66. The lowest BCUT2D eigenvalue weighted by molar-refractivity contribution is -0.136. The number of hydrogen-bond acceptors (Lipinski definition) is 5. The highest BCUT2D eigenvalue weighted by molar-refractivity contribution is 7.98. The Morgan fingerprint density at radius 2 is 2.04 bits per heavy atom. The summed E-state index contributed by atoms with van der Waals surface area (Å²) in [5.74, 6) is 1.23. The summed E-state index contributed by atoms with van der Waals surface area (Å²) in [5.41, 5.74) is 2.79. The third kappa shape index (κ3) is 4.22. The normalized spacial score (nSPS) is 14.0. The number of nitrogens with zero attached hydrogens (tertiary/aromatic N) is 3. The van der Waals surface area contributed by atoms with Crippen LogP contribution in [-0.4, -0.2) is 44.7 Å². The highest BCUT2D eigenvalue weighted by atomic mass is 32.2.